The van der Waals surface area contributed by atoms with Crippen LogP contribution in [0.5, 0.6) is 11.5 Å². The van der Waals surface area contributed by atoms with Crippen molar-refractivity contribution in [2.45, 2.75) is 44.9 Å². The van der Waals surface area contributed by atoms with Crippen molar-refractivity contribution in [2.24, 2.45) is 0 Å². The quantitative estimate of drug-likeness (QED) is 0.392. The van der Waals surface area contributed by atoms with Crippen LogP contribution < -0.4 is 14.8 Å². The summed E-state index contributed by atoms with van der Waals surface area (Å²) in [6.07, 6.45) is 6.47. The van der Waals surface area contributed by atoms with Crippen molar-refractivity contribution in [3.8, 4) is 22.1 Å². The fraction of sp³-hybridized carbons (Fsp3) is 0.360. The second-order valence-electron chi connectivity index (χ2n) is 8.50. The molecule has 1 saturated carbocycles. The van der Waals surface area contributed by atoms with Crippen molar-refractivity contribution in [1.82, 2.24) is 19.8 Å². The van der Waals surface area contributed by atoms with Crippen molar-refractivity contribution in [3.05, 3.63) is 53.9 Å². The highest BCUT2D eigenvalue weighted by Gasteiger charge is 2.16. The van der Waals surface area contributed by atoms with E-state index in [1.54, 1.807) is 11.6 Å². The summed E-state index contributed by atoms with van der Waals surface area (Å²) < 4.78 is 12.9. The summed E-state index contributed by atoms with van der Waals surface area (Å²) in [5, 5.41) is 16.4. The Labute approximate surface area is 201 Å². The summed E-state index contributed by atoms with van der Waals surface area (Å²) in [7, 11) is 1.57. The summed E-state index contributed by atoms with van der Waals surface area (Å²) in [6.45, 7) is 1.76. The molecule has 8 nitrogen and oxygen atoms in total. The van der Waals surface area contributed by atoms with Gasteiger partial charge < -0.3 is 14.8 Å². The second-order valence-corrected chi connectivity index (χ2v) is 9.46. The number of carbonyl (C=O) groups is 1. The van der Waals surface area contributed by atoms with Crippen LogP contribution in [0.15, 0.2) is 42.5 Å². The number of nitrogens with zero attached hydrogens (tertiary/aromatic N) is 4. The van der Waals surface area contributed by atoms with Crippen LogP contribution in [0.2, 0.25) is 0 Å². The van der Waals surface area contributed by atoms with Crippen LogP contribution in [-0.2, 0) is 4.79 Å². The molecule has 0 spiro atoms. The first-order valence-corrected chi connectivity index (χ1v) is 12.3. The van der Waals surface area contributed by atoms with E-state index in [1.807, 2.05) is 37.3 Å². The minimum atomic E-state index is -0.263. The van der Waals surface area contributed by atoms with Gasteiger partial charge in [0.2, 0.25) is 4.96 Å². The average Bonchev–Trinajstić information content (AvgIpc) is 3.45. The molecule has 0 saturated heterocycles. The number of ether oxygens (including phenoxy) is 2. The molecule has 1 aliphatic carbocycles. The first-order chi connectivity index (χ1) is 16.6. The van der Waals surface area contributed by atoms with Crippen molar-refractivity contribution in [1.29, 1.82) is 0 Å². The van der Waals surface area contributed by atoms with Crippen molar-refractivity contribution in [3.63, 3.8) is 0 Å². The number of aromatic nitrogens is 4. The number of hydrogen-bond acceptors (Lipinski definition) is 7. The number of amides is 1. The lowest BCUT2D eigenvalue weighted by Crippen LogP contribution is -2.20. The van der Waals surface area contributed by atoms with E-state index in [-0.39, 0.29) is 12.5 Å². The summed E-state index contributed by atoms with van der Waals surface area (Å²) in [5.41, 5.74) is 2.77. The summed E-state index contributed by atoms with van der Waals surface area (Å²) >= 11 is 1.43. The minimum absolute atomic E-state index is 0.0912. The molecule has 1 aliphatic rings. The lowest BCUT2D eigenvalue weighted by atomic mass is 9.84. The Bertz CT molecular complexity index is 1290. The SMILES string of the molecule is COc1ccc(-c2nn3c(C)nnc3s2)cc1NC(=O)COc1ccc(C2CCCCC2)cc1. The number of fused-ring (bicyclic) bond motifs is 1. The summed E-state index contributed by atoms with van der Waals surface area (Å²) in [4.78, 5) is 13.4. The average molecular weight is 478 g/mol. The molecule has 34 heavy (non-hydrogen) atoms. The number of anilines is 1. The molecule has 0 aliphatic heterocycles. The third-order valence-electron chi connectivity index (χ3n) is 6.19. The highest BCUT2D eigenvalue weighted by Crippen LogP contribution is 2.34. The Morgan fingerprint density at radius 1 is 1.12 bits per heavy atom. The number of carbonyl (C=O) groups excluding carboxylic acids is 1. The molecule has 5 rings (SSSR count). The van der Waals surface area contributed by atoms with Gasteiger partial charge in [0, 0.05) is 5.56 Å². The molecule has 176 valence electrons. The van der Waals surface area contributed by atoms with Gasteiger partial charge >= 0.3 is 0 Å². The normalized spacial score (nSPS) is 14.3. The van der Waals surface area contributed by atoms with E-state index in [4.69, 9.17) is 9.47 Å². The van der Waals surface area contributed by atoms with E-state index in [0.29, 0.717) is 23.1 Å². The van der Waals surface area contributed by atoms with Crippen LogP contribution in [-0.4, -0.2) is 39.4 Å². The van der Waals surface area contributed by atoms with Crippen LogP contribution in [0.1, 0.15) is 49.4 Å². The highest BCUT2D eigenvalue weighted by atomic mass is 32.1. The Hall–Kier alpha value is -3.46. The smallest absolute Gasteiger partial charge is 0.262 e. The lowest BCUT2D eigenvalue weighted by molar-refractivity contribution is -0.118. The number of benzene rings is 2. The first-order valence-electron chi connectivity index (χ1n) is 11.5. The number of methoxy groups -OCH3 is 1. The number of rotatable bonds is 7. The van der Waals surface area contributed by atoms with Gasteiger partial charge in [0.25, 0.3) is 5.91 Å². The molecule has 0 unspecified atom stereocenters. The van der Waals surface area contributed by atoms with Gasteiger partial charge in [0.1, 0.15) is 16.5 Å². The van der Waals surface area contributed by atoms with Crippen LogP contribution in [0, 0.1) is 6.92 Å². The summed E-state index contributed by atoms with van der Waals surface area (Å²) in [6, 6.07) is 13.7. The highest BCUT2D eigenvalue weighted by molar-refractivity contribution is 7.19. The van der Waals surface area contributed by atoms with Gasteiger partial charge in [0.05, 0.1) is 12.8 Å². The maximum atomic E-state index is 12.6. The van der Waals surface area contributed by atoms with Gasteiger partial charge in [-0.05, 0) is 61.6 Å². The Kier molecular flexibility index (Phi) is 6.44. The van der Waals surface area contributed by atoms with E-state index >= 15 is 0 Å². The van der Waals surface area contributed by atoms with Gasteiger partial charge in [-0.2, -0.15) is 9.61 Å². The topological polar surface area (TPSA) is 90.6 Å². The van der Waals surface area contributed by atoms with Crippen molar-refractivity contribution < 1.29 is 14.3 Å². The summed E-state index contributed by atoms with van der Waals surface area (Å²) in [5.74, 6) is 2.36. The van der Waals surface area contributed by atoms with Crippen LogP contribution in [0.4, 0.5) is 5.69 Å². The van der Waals surface area contributed by atoms with E-state index in [2.05, 4.69) is 32.7 Å². The number of hydrogen-bond donors (Lipinski definition) is 1. The monoisotopic (exact) mass is 477 g/mol. The third-order valence-corrected chi connectivity index (χ3v) is 7.14. The fourth-order valence-electron chi connectivity index (χ4n) is 4.38. The molecular weight excluding hydrogens is 450 g/mol. The van der Waals surface area contributed by atoms with Crippen molar-refractivity contribution >= 4 is 27.9 Å². The molecule has 1 fully saturated rings. The molecule has 2 heterocycles. The number of nitrogens with one attached hydrogen (secondary N) is 1. The zero-order valence-corrected chi connectivity index (χ0v) is 20.1. The molecule has 1 N–H and O–H groups in total. The Morgan fingerprint density at radius 2 is 1.91 bits per heavy atom. The van der Waals surface area contributed by atoms with Crippen LogP contribution >= 0.6 is 11.3 Å². The van der Waals surface area contributed by atoms with E-state index in [9.17, 15) is 4.79 Å². The molecule has 9 heteroatoms. The first kappa shape index (κ1) is 22.3. The standard InChI is InChI=1S/C25H27N5O3S/c1-16-27-28-25-30(16)29-24(34-25)19-10-13-22(32-2)21(14-19)26-23(31)15-33-20-11-8-18(9-12-20)17-6-4-3-5-7-17/h8-14,17H,3-7,15H2,1-2H3,(H,26,31). The molecule has 0 radical (unpaired) electrons. The van der Waals surface area contributed by atoms with Gasteiger partial charge in [-0.1, -0.05) is 42.7 Å². The van der Waals surface area contributed by atoms with Crippen molar-refractivity contribution in [2.75, 3.05) is 19.0 Å². The van der Waals surface area contributed by atoms with E-state index in [1.165, 1.54) is 49.0 Å². The zero-order chi connectivity index (χ0) is 23.5. The molecule has 2 aromatic carbocycles. The predicted octanol–water partition coefficient (Wildman–Crippen LogP) is 5.24. The Balaban J connectivity index is 1.24. The maximum Gasteiger partial charge on any atom is 0.262 e. The number of aryl methyl sites for hydroxylation is 1. The molecular formula is C25H27N5O3S. The Morgan fingerprint density at radius 3 is 2.65 bits per heavy atom. The molecule has 0 bridgehead atoms. The molecule has 0 atom stereocenters. The molecule has 2 aromatic heterocycles. The van der Waals surface area contributed by atoms with E-state index in [0.717, 1.165) is 21.4 Å². The maximum absolute atomic E-state index is 12.6. The van der Waals surface area contributed by atoms with Gasteiger partial charge in [-0.3, -0.25) is 4.79 Å². The van der Waals surface area contributed by atoms with Gasteiger partial charge in [-0.25, -0.2) is 0 Å². The predicted molar refractivity (Wildman–Crippen MR) is 132 cm³/mol. The molecule has 1 amide bonds. The minimum Gasteiger partial charge on any atom is -0.495 e. The van der Waals surface area contributed by atoms with Gasteiger partial charge in [-0.15, -0.1) is 10.2 Å². The lowest BCUT2D eigenvalue weighted by Gasteiger charge is -2.22. The van der Waals surface area contributed by atoms with Gasteiger partial charge in [0.15, 0.2) is 12.4 Å². The zero-order valence-electron chi connectivity index (χ0n) is 19.3. The van der Waals surface area contributed by atoms with Crippen LogP contribution in [0.25, 0.3) is 15.5 Å². The fourth-order valence-corrected chi connectivity index (χ4v) is 5.26. The largest absolute Gasteiger partial charge is 0.495 e. The molecule has 4 aromatic rings. The second kappa shape index (κ2) is 9.80. The van der Waals surface area contributed by atoms with E-state index < -0.39 is 0 Å². The third kappa shape index (κ3) is 4.75. The van der Waals surface area contributed by atoms with Crippen LogP contribution in [0.3, 0.4) is 0 Å².